The Bertz CT molecular complexity index is 581. The topological polar surface area (TPSA) is 46.6 Å². The van der Waals surface area contributed by atoms with E-state index in [0.29, 0.717) is 31.8 Å². The molecular weight excluding hydrogens is 346 g/mol. The second kappa shape index (κ2) is 6.41. The number of nitrogens with zero attached hydrogens (tertiary/aromatic N) is 1. The monoisotopic (exact) mass is 365 g/mol. The minimum Gasteiger partial charge on any atom is -0.469 e. The highest BCUT2D eigenvalue weighted by Gasteiger charge is 2.46. The molecule has 1 aliphatic carbocycles. The fourth-order valence-corrected chi connectivity index (χ4v) is 3.73. The van der Waals surface area contributed by atoms with E-state index in [-0.39, 0.29) is 23.7 Å². The van der Waals surface area contributed by atoms with Gasteiger partial charge in [0, 0.05) is 23.5 Å². The third-order valence-corrected chi connectivity index (χ3v) is 5.22. The molecule has 1 aromatic carbocycles. The summed E-state index contributed by atoms with van der Waals surface area (Å²) in [5, 5.41) is 0. The molecule has 5 heteroatoms. The molecule has 2 fully saturated rings. The smallest absolute Gasteiger partial charge is 0.308 e. The molecule has 0 aromatic heterocycles. The summed E-state index contributed by atoms with van der Waals surface area (Å²) in [7, 11) is 1.42. The molecule has 2 aliphatic rings. The first-order valence-electron chi connectivity index (χ1n) is 7.72. The summed E-state index contributed by atoms with van der Waals surface area (Å²) in [4.78, 5) is 26.0. The number of rotatable bonds is 3. The molecule has 1 heterocycles. The Morgan fingerprint density at radius 2 is 2.00 bits per heavy atom. The molecule has 118 valence electrons. The van der Waals surface area contributed by atoms with Crippen LogP contribution in [0.25, 0.3) is 0 Å². The van der Waals surface area contributed by atoms with Crippen molar-refractivity contribution in [2.45, 2.75) is 25.2 Å². The molecule has 2 unspecified atom stereocenters. The minimum atomic E-state index is -0.148. The fraction of sp³-hybridized carbons (Fsp3) is 0.529. The number of carbonyl (C=O) groups is 2. The van der Waals surface area contributed by atoms with E-state index in [0.717, 1.165) is 10.9 Å². The van der Waals surface area contributed by atoms with Crippen LogP contribution in [-0.2, 0) is 14.3 Å². The lowest BCUT2D eigenvalue weighted by Crippen LogP contribution is -2.41. The normalized spacial score (nSPS) is 24.9. The Kier molecular flexibility index (Phi) is 4.52. The molecule has 1 aliphatic heterocycles. The highest BCUT2D eigenvalue weighted by Crippen LogP contribution is 2.49. The number of halogens is 1. The number of hydrogen-bond acceptors (Lipinski definition) is 3. The molecule has 1 amide bonds. The van der Waals surface area contributed by atoms with Crippen molar-refractivity contribution < 1.29 is 14.3 Å². The van der Waals surface area contributed by atoms with Gasteiger partial charge in [0.2, 0.25) is 5.91 Å². The minimum absolute atomic E-state index is 0.0471. The van der Waals surface area contributed by atoms with E-state index >= 15 is 0 Å². The number of hydrogen-bond donors (Lipinski definition) is 0. The van der Waals surface area contributed by atoms with Gasteiger partial charge in [-0.05, 0) is 42.9 Å². The second-order valence-electron chi connectivity index (χ2n) is 6.13. The zero-order valence-corrected chi connectivity index (χ0v) is 14.2. The van der Waals surface area contributed by atoms with Gasteiger partial charge in [0.05, 0.1) is 13.0 Å². The predicted octanol–water partition coefficient (Wildman–Crippen LogP) is 2.96. The Balaban J connectivity index is 1.55. The molecule has 1 saturated carbocycles. The van der Waals surface area contributed by atoms with E-state index in [9.17, 15) is 9.59 Å². The van der Waals surface area contributed by atoms with Gasteiger partial charge in [-0.3, -0.25) is 9.59 Å². The summed E-state index contributed by atoms with van der Waals surface area (Å²) >= 11 is 3.48. The van der Waals surface area contributed by atoms with Crippen molar-refractivity contribution in [1.82, 2.24) is 4.90 Å². The highest BCUT2D eigenvalue weighted by molar-refractivity contribution is 9.10. The summed E-state index contributed by atoms with van der Waals surface area (Å²) in [5.74, 6) is 0.514. The number of piperidine rings is 1. The van der Waals surface area contributed by atoms with Crippen molar-refractivity contribution in [1.29, 1.82) is 0 Å². The van der Waals surface area contributed by atoms with Crippen molar-refractivity contribution in [3.8, 4) is 0 Å². The molecule has 0 bridgehead atoms. The molecule has 22 heavy (non-hydrogen) atoms. The van der Waals surface area contributed by atoms with Crippen LogP contribution < -0.4 is 0 Å². The lowest BCUT2D eigenvalue weighted by atomic mass is 9.96. The molecule has 0 N–H and O–H groups in total. The molecule has 1 aromatic rings. The van der Waals surface area contributed by atoms with Gasteiger partial charge in [-0.1, -0.05) is 28.1 Å². The molecule has 0 spiro atoms. The van der Waals surface area contributed by atoms with Gasteiger partial charge < -0.3 is 9.64 Å². The molecule has 3 rings (SSSR count). The largest absolute Gasteiger partial charge is 0.469 e. The first-order chi connectivity index (χ1) is 10.6. The SMILES string of the molecule is COC(=O)C1CCN(C(=O)C2CC2c2cccc(Br)c2)CC1. The van der Waals surface area contributed by atoms with Crippen LogP contribution in [0.4, 0.5) is 0 Å². The van der Waals surface area contributed by atoms with Crippen LogP contribution in [0.2, 0.25) is 0 Å². The van der Waals surface area contributed by atoms with Crippen LogP contribution in [0.15, 0.2) is 28.7 Å². The summed E-state index contributed by atoms with van der Waals surface area (Å²) < 4.78 is 5.84. The summed E-state index contributed by atoms with van der Waals surface area (Å²) in [6.45, 7) is 1.33. The van der Waals surface area contributed by atoms with Gasteiger partial charge in [-0.25, -0.2) is 0 Å². The van der Waals surface area contributed by atoms with Gasteiger partial charge in [0.1, 0.15) is 0 Å². The number of methoxy groups -OCH3 is 1. The van der Waals surface area contributed by atoms with E-state index in [1.54, 1.807) is 0 Å². The van der Waals surface area contributed by atoms with E-state index in [2.05, 4.69) is 28.1 Å². The number of amides is 1. The van der Waals surface area contributed by atoms with Gasteiger partial charge >= 0.3 is 5.97 Å². The van der Waals surface area contributed by atoms with Crippen LogP contribution in [0.3, 0.4) is 0 Å². The van der Waals surface area contributed by atoms with E-state index in [1.807, 2.05) is 17.0 Å². The predicted molar refractivity (Wildman–Crippen MR) is 86.3 cm³/mol. The van der Waals surface area contributed by atoms with Gasteiger partial charge in [0.15, 0.2) is 0 Å². The van der Waals surface area contributed by atoms with Gasteiger partial charge in [0.25, 0.3) is 0 Å². The first-order valence-corrected chi connectivity index (χ1v) is 8.51. The van der Waals surface area contributed by atoms with Crippen LogP contribution in [-0.4, -0.2) is 37.0 Å². The zero-order chi connectivity index (χ0) is 15.7. The average Bonchev–Trinajstić information content (AvgIpc) is 3.34. The maximum atomic E-state index is 12.6. The number of esters is 1. The molecule has 4 nitrogen and oxygen atoms in total. The maximum absolute atomic E-state index is 12.6. The number of ether oxygens (including phenoxy) is 1. The maximum Gasteiger partial charge on any atom is 0.308 e. The number of benzene rings is 1. The van der Waals surface area contributed by atoms with Crippen LogP contribution in [0.1, 0.15) is 30.7 Å². The molecule has 0 radical (unpaired) electrons. The number of carbonyl (C=O) groups excluding carboxylic acids is 2. The molecule has 2 atom stereocenters. The van der Waals surface area contributed by atoms with E-state index in [4.69, 9.17) is 4.74 Å². The Morgan fingerprint density at radius 1 is 1.27 bits per heavy atom. The van der Waals surface area contributed by atoms with Crippen molar-refractivity contribution in [3.05, 3.63) is 34.3 Å². The summed E-state index contributed by atoms with van der Waals surface area (Å²) in [6, 6.07) is 8.20. The standard InChI is InChI=1S/C17H20BrNO3/c1-22-17(21)11-5-7-19(8-6-11)16(20)15-10-14(15)12-3-2-4-13(18)9-12/h2-4,9,11,14-15H,5-8,10H2,1H3. The van der Waals surface area contributed by atoms with Crippen molar-refractivity contribution >= 4 is 27.8 Å². The Morgan fingerprint density at radius 3 is 2.64 bits per heavy atom. The van der Waals surface area contributed by atoms with Crippen LogP contribution in [0.5, 0.6) is 0 Å². The Hall–Kier alpha value is -1.36. The van der Waals surface area contributed by atoms with Crippen LogP contribution in [0, 0.1) is 11.8 Å². The first kappa shape index (κ1) is 15.5. The quantitative estimate of drug-likeness (QED) is 0.773. The van der Waals surface area contributed by atoms with Crippen molar-refractivity contribution in [3.63, 3.8) is 0 Å². The lowest BCUT2D eigenvalue weighted by Gasteiger charge is -2.31. The summed E-state index contributed by atoms with van der Waals surface area (Å²) in [5.41, 5.74) is 1.23. The second-order valence-corrected chi connectivity index (χ2v) is 7.04. The third kappa shape index (κ3) is 3.19. The van der Waals surface area contributed by atoms with Gasteiger partial charge in [-0.15, -0.1) is 0 Å². The van der Waals surface area contributed by atoms with Crippen molar-refractivity contribution in [2.24, 2.45) is 11.8 Å². The molecular formula is C17H20BrNO3. The number of likely N-dealkylation sites (tertiary alicyclic amines) is 1. The highest BCUT2D eigenvalue weighted by atomic mass is 79.9. The van der Waals surface area contributed by atoms with Crippen molar-refractivity contribution in [2.75, 3.05) is 20.2 Å². The fourth-order valence-electron chi connectivity index (χ4n) is 3.31. The zero-order valence-electron chi connectivity index (χ0n) is 12.6. The van der Waals surface area contributed by atoms with E-state index in [1.165, 1.54) is 12.7 Å². The lowest BCUT2D eigenvalue weighted by molar-refractivity contribution is -0.149. The third-order valence-electron chi connectivity index (χ3n) is 4.73. The summed E-state index contributed by atoms with van der Waals surface area (Å²) in [6.07, 6.45) is 2.37. The Labute approximate surface area is 138 Å². The van der Waals surface area contributed by atoms with Crippen LogP contribution >= 0.6 is 15.9 Å². The van der Waals surface area contributed by atoms with Gasteiger partial charge in [-0.2, -0.15) is 0 Å². The average molecular weight is 366 g/mol. The van der Waals surface area contributed by atoms with E-state index < -0.39 is 0 Å². The molecule has 1 saturated heterocycles.